The second-order valence-corrected chi connectivity index (χ2v) is 3.66. The molecule has 0 unspecified atom stereocenters. The minimum Gasteiger partial charge on any atom is -0.227 e. The lowest BCUT2D eigenvalue weighted by molar-refractivity contribution is 0.908. The van der Waals surface area contributed by atoms with E-state index in [9.17, 15) is 0 Å². The third-order valence-corrected chi connectivity index (χ3v) is 3.14. The summed E-state index contributed by atoms with van der Waals surface area (Å²) < 4.78 is 2.01. The van der Waals surface area contributed by atoms with E-state index >= 15 is 0 Å². The normalized spacial score (nSPS) is 11.2. The molecule has 0 N–H and O–H groups in total. The second kappa shape index (κ2) is 2.08. The van der Waals surface area contributed by atoms with Crippen LogP contribution in [0, 0.1) is 20.8 Å². The number of aromatic nitrogens is 2. The number of fused-ring (bicyclic) bond motifs is 1. The lowest BCUT2D eigenvalue weighted by Gasteiger charge is -1.83. The Morgan fingerprint density at radius 2 is 2.09 bits per heavy atom. The Labute approximate surface area is 69.5 Å². The molecule has 0 spiro atoms. The quantitative estimate of drug-likeness (QED) is 0.587. The third-order valence-electron chi connectivity index (χ3n) is 1.98. The number of hydrogen-bond acceptors (Lipinski definition) is 2. The van der Waals surface area contributed by atoms with E-state index in [2.05, 4.69) is 31.2 Å². The second-order valence-electron chi connectivity index (χ2n) is 2.80. The van der Waals surface area contributed by atoms with E-state index in [4.69, 9.17) is 0 Å². The van der Waals surface area contributed by atoms with Crippen LogP contribution in [0.1, 0.15) is 17.0 Å². The molecular formula is C8H10N2S. The molecule has 0 atom stereocenters. The van der Waals surface area contributed by atoms with Crippen molar-refractivity contribution in [2.75, 3.05) is 0 Å². The maximum Gasteiger partial charge on any atom is 0.122 e. The van der Waals surface area contributed by atoms with Crippen LogP contribution in [0.3, 0.4) is 0 Å². The molecule has 0 aromatic carbocycles. The van der Waals surface area contributed by atoms with Gasteiger partial charge in [-0.2, -0.15) is 5.10 Å². The number of thiazole rings is 1. The van der Waals surface area contributed by atoms with Crippen molar-refractivity contribution in [1.82, 2.24) is 9.61 Å². The lowest BCUT2D eigenvalue weighted by atomic mass is 10.3. The largest absolute Gasteiger partial charge is 0.227 e. The summed E-state index contributed by atoms with van der Waals surface area (Å²) in [6.45, 7) is 6.25. The summed E-state index contributed by atoms with van der Waals surface area (Å²) in [5, 5.41) is 6.53. The zero-order valence-corrected chi connectivity index (χ0v) is 7.70. The molecule has 0 radical (unpaired) electrons. The maximum absolute atomic E-state index is 4.40. The minimum atomic E-state index is 1.14. The summed E-state index contributed by atoms with van der Waals surface area (Å²) in [6, 6.07) is 0. The maximum atomic E-state index is 4.40. The first-order valence-corrected chi connectivity index (χ1v) is 4.48. The van der Waals surface area contributed by atoms with Gasteiger partial charge in [0.15, 0.2) is 0 Å². The molecule has 0 bridgehead atoms. The van der Waals surface area contributed by atoms with Crippen LogP contribution in [0.5, 0.6) is 0 Å². The summed E-state index contributed by atoms with van der Waals surface area (Å²) in [7, 11) is 0. The number of hydrogen-bond donors (Lipinski definition) is 0. The van der Waals surface area contributed by atoms with Crippen LogP contribution < -0.4 is 0 Å². The van der Waals surface area contributed by atoms with Crippen LogP contribution in [0.4, 0.5) is 0 Å². The Hall–Kier alpha value is -0.830. The van der Waals surface area contributed by atoms with Gasteiger partial charge in [0, 0.05) is 10.9 Å². The highest BCUT2D eigenvalue weighted by molar-refractivity contribution is 7.15. The Bertz CT molecular complexity index is 397. The Morgan fingerprint density at radius 1 is 1.36 bits per heavy atom. The molecule has 0 amide bonds. The molecule has 3 heteroatoms. The van der Waals surface area contributed by atoms with Gasteiger partial charge in [0.1, 0.15) is 4.83 Å². The molecule has 0 aliphatic rings. The van der Waals surface area contributed by atoms with Crippen LogP contribution in [0.15, 0.2) is 5.38 Å². The van der Waals surface area contributed by atoms with E-state index in [1.165, 1.54) is 16.1 Å². The molecule has 0 saturated heterocycles. The Kier molecular flexibility index (Phi) is 1.29. The van der Waals surface area contributed by atoms with Gasteiger partial charge in [0.2, 0.25) is 0 Å². The molecule has 0 saturated carbocycles. The number of rotatable bonds is 0. The van der Waals surface area contributed by atoms with Crippen LogP contribution in [-0.4, -0.2) is 9.61 Å². The molecule has 2 aromatic heterocycles. The predicted octanol–water partition coefficient (Wildman–Crippen LogP) is 2.32. The van der Waals surface area contributed by atoms with E-state index < -0.39 is 0 Å². The minimum absolute atomic E-state index is 1.14. The molecule has 2 rings (SSSR count). The molecular weight excluding hydrogens is 156 g/mol. The fourth-order valence-corrected chi connectivity index (χ4v) is 2.14. The molecule has 2 nitrogen and oxygen atoms in total. The van der Waals surface area contributed by atoms with Crippen molar-refractivity contribution in [3.8, 4) is 0 Å². The van der Waals surface area contributed by atoms with Gasteiger partial charge in [0.25, 0.3) is 0 Å². The molecule has 0 fully saturated rings. The molecule has 2 heterocycles. The van der Waals surface area contributed by atoms with Gasteiger partial charge in [-0.05, 0) is 20.8 Å². The third kappa shape index (κ3) is 0.807. The van der Waals surface area contributed by atoms with Gasteiger partial charge >= 0.3 is 0 Å². The highest BCUT2D eigenvalue weighted by Gasteiger charge is 2.06. The smallest absolute Gasteiger partial charge is 0.122 e. The number of aryl methyl sites for hydroxylation is 3. The zero-order valence-electron chi connectivity index (χ0n) is 6.88. The first-order valence-electron chi connectivity index (χ1n) is 3.60. The zero-order chi connectivity index (χ0) is 8.01. The van der Waals surface area contributed by atoms with Gasteiger partial charge in [-0.3, -0.25) is 0 Å². The highest BCUT2D eigenvalue weighted by Crippen LogP contribution is 2.21. The van der Waals surface area contributed by atoms with Crippen molar-refractivity contribution < 1.29 is 0 Å². The number of nitrogens with zero attached hydrogens (tertiary/aromatic N) is 2. The lowest BCUT2D eigenvalue weighted by Crippen LogP contribution is -1.85. The SMILES string of the molecule is Cc1nn2c(C)csc2c1C. The van der Waals surface area contributed by atoms with Crippen molar-refractivity contribution >= 4 is 16.2 Å². The topological polar surface area (TPSA) is 17.3 Å². The van der Waals surface area contributed by atoms with Gasteiger partial charge in [-0.1, -0.05) is 0 Å². The summed E-state index contributed by atoms with van der Waals surface area (Å²) >= 11 is 1.76. The van der Waals surface area contributed by atoms with Gasteiger partial charge in [-0.25, -0.2) is 4.52 Å². The predicted molar refractivity (Wildman–Crippen MR) is 47.3 cm³/mol. The Morgan fingerprint density at radius 3 is 2.73 bits per heavy atom. The fourth-order valence-electron chi connectivity index (χ4n) is 1.15. The van der Waals surface area contributed by atoms with Crippen molar-refractivity contribution in [2.45, 2.75) is 20.8 Å². The van der Waals surface area contributed by atoms with Crippen molar-refractivity contribution in [2.24, 2.45) is 0 Å². The average molecular weight is 166 g/mol. The average Bonchev–Trinajstić information content (AvgIpc) is 2.43. The molecule has 0 aliphatic carbocycles. The van der Waals surface area contributed by atoms with E-state index in [1.54, 1.807) is 11.3 Å². The van der Waals surface area contributed by atoms with E-state index in [-0.39, 0.29) is 0 Å². The van der Waals surface area contributed by atoms with Crippen molar-refractivity contribution in [3.63, 3.8) is 0 Å². The van der Waals surface area contributed by atoms with Crippen LogP contribution in [0.25, 0.3) is 4.83 Å². The van der Waals surface area contributed by atoms with Crippen LogP contribution >= 0.6 is 11.3 Å². The van der Waals surface area contributed by atoms with Crippen LogP contribution in [-0.2, 0) is 0 Å². The van der Waals surface area contributed by atoms with E-state index in [0.29, 0.717) is 0 Å². The Balaban J connectivity index is 2.93. The van der Waals surface area contributed by atoms with Gasteiger partial charge in [-0.15, -0.1) is 11.3 Å². The standard InChI is InChI=1S/C8H10N2S/c1-5-4-11-8-6(2)7(3)9-10(5)8/h4H,1-3H3. The first kappa shape index (κ1) is 6.85. The fraction of sp³-hybridized carbons (Fsp3) is 0.375. The highest BCUT2D eigenvalue weighted by atomic mass is 32.1. The van der Waals surface area contributed by atoms with Gasteiger partial charge < -0.3 is 0 Å². The summed E-state index contributed by atoms with van der Waals surface area (Å²) in [4.78, 5) is 1.28. The summed E-state index contributed by atoms with van der Waals surface area (Å²) in [5.41, 5.74) is 3.67. The van der Waals surface area contributed by atoms with Crippen LogP contribution in [0.2, 0.25) is 0 Å². The van der Waals surface area contributed by atoms with E-state index in [1.807, 2.05) is 4.52 Å². The first-order chi connectivity index (χ1) is 5.20. The summed E-state index contributed by atoms with van der Waals surface area (Å²) in [6.07, 6.45) is 0. The van der Waals surface area contributed by atoms with E-state index in [0.717, 1.165) is 5.69 Å². The van der Waals surface area contributed by atoms with Crippen molar-refractivity contribution in [3.05, 3.63) is 22.3 Å². The molecule has 0 aliphatic heterocycles. The summed E-state index contributed by atoms with van der Waals surface area (Å²) in [5.74, 6) is 0. The monoisotopic (exact) mass is 166 g/mol. The molecule has 11 heavy (non-hydrogen) atoms. The molecule has 58 valence electrons. The molecule has 2 aromatic rings. The van der Waals surface area contributed by atoms with Crippen molar-refractivity contribution in [1.29, 1.82) is 0 Å². The van der Waals surface area contributed by atoms with Gasteiger partial charge in [0.05, 0.1) is 11.4 Å².